The summed E-state index contributed by atoms with van der Waals surface area (Å²) in [4.78, 5) is 0. The summed E-state index contributed by atoms with van der Waals surface area (Å²) in [6.07, 6.45) is 0. The van der Waals surface area contributed by atoms with E-state index in [1.54, 1.807) is 17.7 Å². The van der Waals surface area contributed by atoms with Gasteiger partial charge in [-0.2, -0.15) is 5.26 Å². The number of nitrogens with zero attached hydrogens (tertiary/aromatic N) is 2. The Bertz CT molecular complexity index is 291. The summed E-state index contributed by atoms with van der Waals surface area (Å²) in [6.45, 7) is 0. The van der Waals surface area contributed by atoms with Gasteiger partial charge in [-0.3, -0.25) is 0 Å². The van der Waals surface area contributed by atoms with Crippen molar-refractivity contribution >= 4 is 11.6 Å². The van der Waals surface area contributed by atoms with Crippen molar-refractivity contribution in [3.05, 3.63) is 11.6 Å². The van der Waals surface area contributed by atoms with Crippen molar-refractivity contribution < 1.29 is 0 Å². The lowest BCUT2D eigenvalue weighted by Crippen LogP contribution is -2.00. The number of aromatic nitrogens is 1. The van der Waals surface area contributed by atoms with E-state index in [1.807, 2.05) is 6.07 Å². The van der Waals surface area contributed by atoms with Crippen LogP contribution in [-0.4, -0.2) is 4.57 Å². The maximum absolute atomic E-state index is 8.46. The first kappa shape index (κ1) is 6.49. The molecule has 0 atom stereocenters. The molecule has 0 fully saturated rings. The van der Waals surface area contributed by atoms with E-state index >= 15 is 0 Å². The van der Waals surface area contributed by atoms with Gasteiger partial charge in [0.1, 0.15) is 17.7 Å². The number of rotatable bonds is 0. The Morgan fingerprint density at radius 1 is 1.60 bits per heavy atom. The van der Waals surface area contributed by atoms with E-state index < -0.39 is 0 Å². The summed E-state index contributed by atoms with van der Waals surface area (Å²) in [7, 11) is 1.71. The molecule has 0 aromatic carbocycles. The molecule has 0 spiro atoms. The van der Waals surface area contributed by atoms with Crippen molar-refractivity contribution in [2.24, 2.45) is 7.05 Å². The smallest absolute Gasteiger partial charge is 0.122 e. The summed E-state index contributed by atoms with van der Waals surface area (Å²) < 4.78 is 1.57. The standard InChI is InChI=1S/C6H8N4/c1-10-5(8)2-4(3-7)6(10)9/h2H,8-9H2,1H3. The van der Waals surface area contributed by atoms with E-state index in [9.17, 15) is 0 Å². The van der Waals surface area contributed by atoms with E-state index in [1.165, 1.54) is 0 Å². The van der Waals surface area contributed by atoms with E-state index in [4.69, 9.17) is 16.7 Å². The SMILES string of the molecule is Cn1c(N)cc(C#N)c1N. The fourth-order valence-corrected chi connectivity index (χ4v) is 0.728. The molecule has 1 rings (SSSR count). The van der Waals surface area contributed by atoms with Crippen LogP contribution < -0.4 is 11.5 Å². The molecule has 0 aliphatic heterocycles. The highest BCUT2D eigenvalue weighted by atomic mass is 15.1. The lowest BCUT2D eigenvalue weighted by Gasteiger charge is -1.96. The van der Waals surface area contributed by atoms with Gasteiger partial charge in [0.2, 0.25) is 0 Å². The third kappa shape index (κ3) is 0.685. The third-order valence-electron chi connectivity index (χ3n) is 1.44. The number of anilines is 2. The first-order valence-corrected chi connectivity index (χ1v) is 2.77. The van der Waals surface area contributed by atoms with Gasteiger partial charge in [-0.15, -0.1) is 0 Å². The van der Waals surface area contributed by atoms with Crippen LogP contribution in [0.25, 0.3) is 0 Å². The summed E-state index contributed by atoms with van der Waals surface area (Å²) in [5.74, 6) is 0.925. The van der Waals surface area contributed by atoms with Gasteiger partial charge in [-0.05, 0) is 6.07 Å². The fourth-order valence-electron chi connectivity index (χ4n) is 0.728. The Hall–Kier alpha value is -1.63. The zero-order chi connectivity index (χ0) is 7.72. The van der Waals surface area contributed by atoms with Crippen molar-refractivity contribution in [2.45, 2.75) is 0 Å². The highest BCUT2D eigenvalue weighted by molar-refractivity contribution is 5.58. The van der Waals surface area contributed by atoms with E-state index in [2.05, 4.69) is 0 Å². The van der Waals surface area contributed by atoms with Gasteiger partial charge in [-0.1, -0.05) is 0 Å². The van der Waals surface area contributed by atoms with Gasteiger partial charge in [-0.25, -0.2) is 0 Å². The van der Waals surface area contributed by atoms with Crippen molar-refractivity contribution in [3.8, 4) is 6.07 Å². The quantitative estimate of drug-likeness (QED) is 0.529. The van der Waals surface area contributed by atoms with Crippen LogP contribution in [0, 0.1) is 11.3 Å². The van der Waals surface area contributed by atoms with Gasteiger partial charge in [0.05, 0.1) is 5.56 Å². The molecule has 0 unspecified atom stereocenters. The van der Waals surface area contributed by atoms with Crippen molar-refractivity contribution in [3.63, 3.8) is 0 Å². The molecular formula is C6H8N4. The lowest BCUT2D eigenvalue weighted by atomic mass is 10.3. The molecule has 0 amide bonds. The van der Waals surface area contributed by atoms with Crippen LogP contribution in [0.1, 0.15) is 5.56 Å². The first-order chi connectivity index (χ1) is 4.66. The van der Waals surface area contributed by atoms with Gasteiger partial charge < -0.3 is 16.0 Å². The Labute approximate surface area is 58.7 Å². The first-order valence-electron chi connectivity index (χ1n) is 2.77. The molecule has 10 heavy (non-hydrogen) atoms. The summed E-state index contributed by atoms with van der Waals surface area (Å²) in [5, 5.41) is 8.46. The average Bonchev–Trinajstić information content (AvgIpc) is 2.17. The van der Waals surface area contributed by atoms with Crippen LogP contribution >= 0.6 is 0 Å². The molecule has 1 aromatic rings. The Balaban J connectivity index is 3.34. The number of nitrogen functional groups attached to an aromatic ring is 2. The molecule has 1 aromatic heterocycles. The number of nitrogens with two attached hydrogens (primary N) is 2. The Morgan fingerprint density at radius 3 is 2.40 bits per heavy atom. The van der Waals surface area contributed by atoms with Gasteiger partial charge in [0.15, 0.2) is 0 Å². The third-order valence-corrected chi connectivity index (χ3v) is 1.44. The highest BCUT2D eigenvalue weighted by Crippen LogP contribution is 2.16. The Kier molecular flexibility index (Phi) is 1.27. The van der Waals surface area contributed by atoms with E-state index in [-0.39, 0.29) is 0 Å². The molecule has 4 heteroatoms. The molecule has 0 saturated heterocycles. The maximum Gasteiger partial charge on any atom is 0.122 e. The molecule has 0 aliphatic rings. The minimum absolute atomic E-state index is 0.417. The normalized spacial score (nSPS) is 9.20. The summed E-state index contributed by atoms with van der Waals surface area (Å²) in [6, 6.07) is 3.48. The topological polar surface area (TPSA) is 80.8 Å². The second-order valence-electron chi connectivity index (χ2n) is 2.04. The molecule has 0 saturated carbocycles. The summed E-state index contributed by atoms with van der Waals surface area (Å²) >= 11 is 0. The minimum atomic E-state index is 0.417. The predicted octanol–water partition coefficient (Wildman–Crippen LogP) is 0.0612. The molecular weight excluding hydrogens is 128 g/mol. The molecule has 4 N–H and O–H groups in total. The van der Waals surface area contributed by atoms with Crippen LogP contribution in [0.2, 0.25) is 0 Å². The molecule has 0 bridgehead atoms. The van der Waals surface area contributed by atoms with E-state index in [0.29, 0.717) is 17.2 Å². The zero-order valence-electron chi connectivity index (χ0n) is 5.63. The van der Waals surface area contributed by atoms with Gasteiger partial charge >= 0.3 is 0 Å². The monoisotopic (exact) mass is 136 g/mol. The molecule has 4 nitrogen and oxygen atoms in total. The van der Waals surface area contributed by atoms with Crippen molar-refractivity contribution in [1.29, 1.82) is 5.26 Å². The van der Waals surface area contributed by atoms with Crippen molar-refractivity contribution in [2.75, 3.05) is 11.5 Å². The van der Waals surface area contributed by atoms with Gasteiger partial charge in [0.25, 0.3) is 0 Å². The van der Waals surface area contributed by atoms with Crippen LogP contribution in [0.5, 0.6) is 0 Å². The minimum Gasteiger partial charge on any atom is -0.385 e. The largest absolute Gasteiger partial charge is 0.385 e. The van der Waals surface area contributed by atoms with Crippen LogP contribution in [-0.2, 0) is 7.05 Å². The molecule has 0 radical (unpaired) electrons. The van der Waals surface area contributed by atoms with E-state index in [0.717, 1.165) is 0 Å². The second kappa shape index (κ2) is 1.95. The highest BCUT2D eigenvalue weighted by Gasteiger charge is 2.04. The zero-order valence-corrected chi connectivity index (χ0v) is 5.63. The number of hydrogen-bond acceptors (Lipinski definition) is 3. The maximum atomic E-state index is 8.46. The van der Waals surface area contributed by atoms with Crippen LogP contribution in [0.15, 0.2) is 6.07 Å². The summed E-state index contributed by atoms with van der Waals surface area (Å²) in [5.41, 5.74) is 11.4. The van der Waals surface area contributed by atoms with Gasteiger partial charge in [0, 0.05) is 7.05 Å². The molecule has 0 aliphatic carbocycles. The lowest BCUT2D eigenvalue weighted by molar-refractivity contribution is 0.954. The number of hydrogen-bond donors (Lipinski definition) is 2. The number of nitriles is 1. The fraction of sp³-hybridized carbons (Fsp3) is 0.167. The van der Waals surface area contributed by atoms with Crippen LogP contribution in [0.3, 0.4) is 0 Å². The average molecular weight is 136 g/mol. The predicted molar refractivity (Wildman–Crippen MR) is 39.0 cm³/mol. The Morgan fingerprint density at radius 2 is 2.20 bits per heavy atom. The van der Waals surface area contributed by atoms with Crippen LogP contribution in [0.4, 0.5) is 11.6 Å². The van der Waals surface area contributed by atoms with Crippen molar-refractivity contribution in [1.82, 2.24) is 4.57 Å². The second-order valence-corrected chi connectivity index (χ2v) is 2.04. The molecule has 1 heterocycles. The molecule has 52 valence electrons.